The molecule has 0 aliphatic heterocycles. The molecule has 12 heteroatoms. The molecule has 2 aliphatic rings. The van der Waals surface area contributed by atoms with Gasteiger partial charge in [0.2, 0.25) is 0 Å². The molecule has 12 nitrogen and oxygen atoms in total. The van der Waals surface area contributed by atoms with Gasteiger partial charge in [-0.05, 0) is 60.4 Å². The van der Waals surface area contributed by atoms with E-state index in [1.807, 2.05) is 0 Å². The summed E-state index contributed by atoms with van der Waals surface area (Å²) in [6.07, 6.45) is 0.698. The number of amides is 1. The Morgan fingerprint density at radius 2 is 1.32 bits per heavy atom. The third-order valence-corrected chi connectivity index (χ3v) is 6.51. The van der Waals surface area contributed by atoms with E-state index in [2.05, 4.69) is 5.32 Å². The zero-order valence-electron chi connectivity index (χ0n) is 21.1. The van der Waals surface area contributed by atoms with Crippen LogP contribution in [0.2, 0.25) is 0 Å². The van der Waals surface area contributed by atoms with Crippen molar-refractivity contribution in [2.75, 3.05) is 0 Å². The molecule has 2 aliphatic carbocycles. The predicted molar refractivity (Wildman–Crippen MR) is 139 cm³/mol. The minimum Gasteiger partial charge on any atom is -0.504 e. The zero-order valence-corrected chi connectivity index (χ0v) is 21.1. The first-order valence-corrected chi connectivity index (χ1v) is 12.5. The van der Waals surface area contributed by atoms with Crippen LogP contribution in [0, 0.1) is 0 Å². The molecule has 0 spiro atoms. The lowest BCUT2D eigenvalue weighted by atomic mass is 9.78. The third-order valence-electron chi connectivity index (χ3n) is 6.51. The van der Waals surface area contributed by atoms with E-state index in [9.17, 15) is 45.0 Å². The van der Waals surface area contributed by atoms with E-state index in [1.165, 1.54) is 48.6 Å². The second-order valence-corrected chi connectivity index (χ2v) is 9.79. The van der Waals surface area contributed by atoms with Crippen molar-refractivity contribution in [3.05, 3.63) is 59.7 Å². The van der Waals surface area contributed by atoms with Crippen molar-refractivity contribution < 1.29 is 54.5 Å². The van der Waals surface area contributed by atoms with Crippen LogP contribution in [0.1, 0.15) is 36.8 Å². The first-order chi connectivity index (χ1) is 18.9. The van der Waals surface area contributed by atoms with Crippen molar-refractivity contribution in [2.45, 2.75) is 55.6 Å². The van der Waals surface area contributed by atoms with E-state index >= 15 is 0 Å². The lowest BCUT2D eigenvalue weighted by molar-refractivity contribution is -0.198. The third kappa shape index (κ3) is 7.10. The Bertz CT molecular complexity index is 1350. The number of ether oxygens (including phenoxy) is 2. The van der Waals surface area contributed by atoms with Crippen LogP contribution >= 0.6 is 0 Å². The monoisotopic (exact) mass is 555 g/mol. The molecule has 0 radical (unpaired) electrons. The minimum atomic E-state index is -2.10. The lowest BCUT2D eigenvalue weighted by Gasteiger charge is -2.41. The molecular weight excluding hydrogens is 526 g/mol. The zero-order chi connectivity index (χ0) is 29.0. The molecule has 4 rings (SSSR count). The standard InChI is InChI=1S/C28H29NO11/c30-18-7-1-15(11-20(18)32)3-9-24(35)39-23-14-28(38,27(37)29-17-5-6-17)13-22(34)26(23)40-25(36)10-4-16-2-8-19(31)21(33)12-16/h1-4,7-12,17,22-23,26,30-34,38H,5-6,13-14H2,(H,29,37)/b9-3+,10-4+/t22-,23-,26?,28-/m1/s1. The van der Waals surface area contributed by atoms with Gasteiger partial charge >= 0.3 is 11.9 Å². The van der Waals surface area contributed by atoms with Gasteiger partial charge in [-0.15, -0.1) is 0 Å². The van der Waals surface area contributed by atoms with Crippen molar-refractivity contribution in [3.63, 3.8) is 0 Å². The number of phenols is 4. The molecule has 4 atom stereocenters. The van der Waals surface area contributed by atoms with Gasteiger partial charge in [-0.2, -0.15) is 0 Å². The Hall–Kier alpha value is -4.55. The van der Waals surface area contributed by atoms with Crippen LogP contribution in [0.3, 0.4) is 0 Å². The van der Waals surface area contributed by atoms with E-state index in [-0.39, 0.29) is 17.5 Å². The topological polar surface area (TPSA) is 203 Å². The number of nitrogens with one attached hydrogen (secondary N) is 1. The Kier molecular flexibility index (Phi) is 8.31. The van der Waals surface area contributed by atoms with Gasteiger partial charge in [0.25, 0.3) is 5.91 Å². The fourth-order valence-electron chi connectivity index (χ4n) is 4.22. The van der Waals surface area contributed by atoms with Gasteiger partial charge in [-0.25, -0.2) is 9.59 Å². The number of phenolic OH excluding ortho intramolecular Hbond substituents is 4. The second-order valence-electron chi connectivity index (χ2n) is 9.79. The number of hydrogen-bond donors (Lipinski definition) is 7. The average molecular weight is 556 g/mol. The number of rotatable bonds is 8. The molecule has 2 saturated carbocycles. The van der Waals surface area contributed by atoms with Crippen LogP contribution in [-0.2, 0) is 23.9 Å². The van der Waals surface area contributed by atoms with Gasteiger partial charge in [0.1, 0.15) is 11.7 Å². The molecule has 212 valence electrons. The lowest BCUT2D eigenvalue weighted by Crippen LogP contribution is -2.60. The smallest absolute Gasteiger partial charge is 0.331 e. The fourth-order valence-corrected chi connectivity index (χ4v) is 4.22. The first kappa shape index (κ1) is 28.5. The Morgan fingerprint density at radius 3 is 1.82 bits per heavy atom. The van der Waals surface area contributed by atoms with Crippen molar-refractivity contribution in [2.24, 2.45) is 0 Å². The van der Waals surface area contributed by atoms with Crippen LogP contribution in [0.25, 0.3) is 12.2 Å². The molecule has 7 N–H and O–H groups in total. The van der Waals surface area contributed by atoms with Gasteiger partial charge in [0, 0.05) is 31.0 Å². The van der Waals surface area contributed by atoms with Crippen LogP contribution in [-0.4, -0.2) is 78.4 Å². The molecule has 0 heterocycles. The number of hydrogen-bond acceptors (Lipinski definition) is 11. The number of carbonyl (C=O) groups is 3. The number of aromatic hydroxyl groups is 4. The maximum atomic E-state index is 12.7. The highest BCUT2D eigenvalue weighted by Gasteiger charge is 2.52. The molecule has 2 aromatic carbocycles. The van der Waals surface area contributed by atoms with E-state index in [0.717, 1.165) is 25.0 Å². The second kappa shape index (κ2) is 11.7. The van der Waals surface area contributed by atoms with Gasteiger partial charge in [0.15, 0.2) is 29.1 Å². The maximum Gasteiger partial charge on any atom is 0.331 e. The maximum absolute atomic E-state index is 12.7. The van der Waals surface area contributed by atoms with Crippen LogP contribution < -0.4 is 5.32 Å². The summed E-state index contributed by atoms with van der Waals surface area (Å²) in [5.41, 5.74) is -1.39. The Labute approximate surface area is 228 Å². The van der Waals surface area contributed by atoms with Crippen LogP contribution in [0.15, 0.2) is 48.6 Å². The van der Waals surface area contributed by atoms with Gasteiger partial charge in [-0.1, -0.05) is 12.1 Å². The molecule has 40 heavy (non-hydrogen) atoms. The first-order valence-electron chi connectivity index (χ1n) is 12.5. The highest BCUT2D eigenvalue weighted by atomic mass is 16.6. The van der Waals surface area contributed by atoms with Crippen LogP contribution in [0.5, 0.6) is 23.0 Å². The molecule has 0 saturated heterocycles. The summed E-state index contributed by atoms with van der Waals surface area (Å²) >= 11 is 0. The normalized spacial score (nSPS) is 24.6. The number of aliphatic hydroxyl groups excluding tert-OH is 1. The molecule has 1 unspecified atom stereocenters. The molecule has 2 fully saturated rings. The van der Waals surface area contributed by atoms with E-state index in [4.69, 9.17) is 9.47 Å². The number of esters is 2. The fraction of sp³-hybridized carbons (Fsp3) is 0.321. The molecule has 0 bridgehead atoms. The van der Waals surface area contributed by atoms with E-state index < -0.39 is 66.1 Å². The van der Waals surface area contributed by atoms with Gasteiger partial charge in [-0.3, -0.25) is 4.79 Å². The summed E-state index contributed by atoms with van der Waals surface area (Å²) in [7, 11) is 0. The van der Waals surface area contributed by atoms with Gasteiger partial charge < -0.3 is 45.4 Å². The quantitative estimate of drug-likeness (QED) is 0.140. The van der Waals surface area contributed by atoms with E-state index in [1.54, 1.807) is 0 Å². The average Bonchev–Trinajstić information content (AvgIpc) is 3.71. The van der Waals surface area contributed by atoms with Crippen molar-refractivity contribution in [1.29, 1.82) is 0 Å². The summed E-state index contributed by atoms with van der Waals surface area (Å²) in [4.78, 5) is 37.9. The molecule has 0 aromatic heterocycles. The van der Waals surface area contributed by atoms with E-state index in [0.29, 0.717) is 11.1 Å². The largest absolute Gasteiger partial charge is 0.504 e. The predicted octanol–water partition coefficient (Wildman–Crippen LogP) is 1.22. The Balaban J connectivity index is 1.50. The van der Waals surface area contributed by atoms with Crippen molar-refractivity contribution in [3.8, 4) is 23.0 Å². The van der Waals surface area contributed by atoms with Gasteiger partial charge in [0.05, 0.1) is 6.10 Å². The highest BCUT2D eigenvalue weighted by molar-refractivity contribution is 5.89. The number of benzene rings is 2. The number of carbonyl (C=O) groups excluding carboxylic acids is 3. The SMILES string of the molecule is O=C(/C=C/c1ccc(O)c(O)c1)OC1[C@H](O)C[C@](O)(C(=O)NC2CC2)C[C@H]1OC(=O)/C=C/c1ccc(O)c(O)c1. The summed E-state index contributed by atoms with van der Waals surface area (Å²) in [6.45, 7) is 0. The summed E-state index contributed by atoms with van der Waals surface area (Å²) in [5, 5.41) is 62.6. The van der Waals surface area contributed by atoms with Crippen molar-refractivity contribution >= 4 is 30.0 Å². The summed E-state index contributed by atoms with van der Waals surface area (Å²) < 4.78 is 10.8. The molecule has 2 aromatic rings. The minimum absolute atomic E-state index is 0.0839. The Morgan fingerprint density at radius 1 is 0.800 bits per heavy atom. The number of aliphatic hydroxyl groups is 2. The van der Waals surface area contributed by atoms with Crippen LogP contribution in [0.4, 0.5) is 0 Å². The molecule has 1 amide bonds. The highest BCUT2D eigenvalue weighted by Crippen LogP contribution is 2.34. The summed E-state index contributed by atoms with van der Waals surface area (Å²) in [6, 6.07) is 7.62. The van der Waals surface area contributed by atoms with Crippen molar-refractivity contribution in [1.82, 2.24) is 5.32 Å². The molecular formula is C28H29NO11. The summed E-state index contributed by atoms with van der Waals surface area (Å²) in [5.74, 6) is -4.12.